The molecule has 1 fully saturated rings. The lowest BCUT2D eigenvalue weighted by Crippen LogP contribution is -2.24. The molecule has 0 aliphatic carbocycles. The zero-order valence-electron chi connectivity index (χ0n) is 8.65. The van der Waals surface area contributed by atoms with Crippen molar-refractivity contribution in [2.45, 2.75) is 12.8 Å². The van der Waals surface area contributed by atoms with E-state index >= 15 is 0 Å². The van der Waals surface area contributed by atoms with E-state index in [2.05, 4.69) is 15.3 Å². The van der Waals surface area contributed by atoms with Crippen LogP contribution in [0.4, 0.5) is 11.6 Å². The number of aromatic nitrogens is 2. The van der Waals surface area contributed by atoms with E-state index in [0.29, 0.717) is 11.7 Å². The highest BCUT2D eigenvalue weighted by Gasteiger charge is 2.13. The van der Waals surface area contributed by atoms with Crippen molar-refractivity contribution in [3.8, 4) is 0 Å². The molecule has 15 heavy (non-hydrogen) atoms. The van der Waals surface area contributed by atoms with E-state index in [1.807, 2.05) is 0 Å². The molecule has 1 aliphatic heterocycles. The van der Waals surface area contributed by atoms with Crippen LogP contribution in [0.1, 0.15) is 12.8 Å². The van der Waals surface area contributed by atoms with Gasteiger partial charge in [-0.2, -0.15) is 0 Å². The number of nitrogens with one attached hydrogen (secondary N) is 1. The first kappa shape index (κ1) is 10.2. The summed E-state index contributed by atoms with van der Waals surface area (Å²) >= 11 is 0. The predicted molar refractivity (Wildman–Crippen MR) is 58.5 cm³/mol. The van der Waals surface area contributed by atoms with Crippen molar-refractivity contribution < 1.29 is 4.74 Å². The Morgan fingerprint density at radius 3 is 3.07 bits per heavy atom. The summed E-state index contributed by atoms with van der Waals surface area (Å²) in [6.07, 6.45) is 5.58. The number of rotatable bonds is 3. The molecule has 0 saturated carbocycles. The fourth-order valence-electron chi connectivity index (χ4n) is 1.65. The first-order chi connectivity index (χ1) is 7.34. The van der Waals surface area contributed by atoms with E-state index in [0.717, 1.165) is 32.0 Å². The Kier molecular flexibility index (Phi) is 3.34. The number of nitrogens with two attached hydrogens (primary N) is 1. The molecule has 1 aromatic heterocycles. The van der Waals surface area contributed by atoms with Gasteiger partial charge in [-0.1, -0.05) is 0 Å². The van der Waals surface area contributed by atoms with E-state index < -0.39 is 0 Å². The van der Waals surface area contributed by atoms with Crippen LogP contribution in [0.3, 0.4) is 0 Å². The maximum Gasteiger partial charge on any atom is 0.144 e. The highest BCUT2D eigenvalue weighted by molar-refractivity contribution is 5.35. The summed E-state index contributed by atoms with van der Waals surface area (Å²) < 4.78 is 5.39. The van der Waals surface area contributed by atoms with Gasteiger partial charge in [0.1, 0.15) is 11.6 Å². The van der Waals surface area contributed by atoms with E-state index in [9.17, 15) is 0 Å². The molecule has 0 radical (unpaired) electrons. The van der Waals surface area contributed by atoms with Gasteiger partial charge in [-0.25, -0.2) is 9.97 Å². The van der Waals surface area contributed by atoms with Crippen molar-refractivity contribution in [2.24, 2.45) is 5.92 Å². The second-order valence-corrected chi connectivity index (χ2v) is 3.79. The fourth-order valence-corrected chi connectivity index (χ4v) is 1.65. The number of hydrogen-bond donors (Lipinski definition) is 2. The number of anilines is 2. The summed E-state index contributed by atoms with van der Waals surface area (Å²) in [6, 6.07) is 0. The monoisotopic (exact) mass is 208 g/mol. The average Bonchev–Trinajstić information content (AvgIpc) is 2.30. The Bertz CT molecular complexity index is 295. The van der Waals surface area contributed by atoms with Crippen LogP contribution in [-0.4, -0.2) is 29.7 Å². The van der Waals surface area contributed by atoms with Gasteiger partial charge in [0.15, 0.2) is 0 Å². The van der Waals surface area contributed by atoms with Crippen LogP contribution in [0.2, 0.25) is 0 Å². The first-order valence-electron chi connectivity index (χ1n) is 5.24. The molecule has 1 aromatic rings. The summed E-state index contributed by atoms with van der Waals surface area (Å²) in [4.78, 5) is 8.09. The van der Waals surface area contributed by atoms with Crippen molar-refractivity contribution in [1.82, 2.24) is 9.97 Å². The van der Waals surface area contributed by atoms with E-state index in [1.54, 1.807) is 12.4 Å². The maximum atomic E-state index is 5.44. The molecule has 1 atom stereocenters. The van der Waals surface area contributed by atoms with Crippen LogP contribution in [0.15, 0.2) is 12.4 Å². The van der Waals surface area contributed by atoms with Crippen molar-refractivity contribution in [1.29, 1.82) is 0 Å². The lowest BCUT2D eigenvalue weighted by Gasteiger charge is -2.22. The molecule has 0 aromatic carbocycles. The molecule has 0 amide bonds. The molecule has 5 heteroatoms. The van der Waals surface area contributed by atoms with Crippen molar-refractivity contribution in [3.63, 3.8) is 0 Å². The Labute approximate surface area is 89.1 Å². The second-order valence-electron chi connectivity index (χ2n) is 3.79. The minimum atomic E-state index is 0.446. The van der Waals surface area contributed by atoms with Gasteiger partial charge < -0.3 is 15.8 Å². The third kappa shape index (κ3) is 3.06. The molecule has 0 spiro atoms. The van der Waals surface area contributed by atoms with Crippen molar-refractivity contribution >= 4 is 11.6 Å². The Hall–Kier alpha value is -1.36. The summed E-state index contributed by atoms with van der Waals surface area (Å²) in [7, 11) is 0. The molecular weight excluding hydrogens is 192 g/mol. The minimum absolute atomic E-state index is 0.446. The van der Waals surface area contributed by atoms with Crippen LogP contribution in [0, 0.1) is 5.92 Å². The first-order valence-corrected chi connectivity index (χ1v) is 5.24. The normalized spacial score (nSPS) is 21.2. The molecule has 1 aliphatic rings. The number of nitrogen functional groups attached to an aromatic ring is 1. The highest BCUT2D eigenvalue weighted by Crippen LogP contribution is 2.14. The van der Waals surface area contributed by atoms with Gasteiger partial charge >= 0.3 is 0 Å². The highest BCUT2D eigenvalue weighted by atomic mass is 16.5. The van der Waals surface area contributed by atoms with Crippen LogP contribution in [0.5, 0.6) is 0 Å². The number of hydrogen-bond acceptors (Lipinski definition) is 5. The van der Waals surface area contributed by atoms with Crippen molar-refractivity contribution in [3.05, 3.63) is 12.4 Å². The van der Waals surface area contributed by atoms with Gasteiger partial charge in [-0.3, -0.25) is 0 Å². The predicted octanol–water partition coefficient (Wildman–Crippen LogP) is 0.897. The molecule has 82 valence electrons. The summed E-state index contributed by atoms with van der Waals surface area (Å²) in [5.41, 5.74) is 5.44. The van der Waals surface area contributed by atoms with E-state index in [1.165, 1.54) is 6.42 Å². The van der Waals surface area contributed by atoms with E-state index in [-0.39, 0.29) is 0 Å². The quantitative estimate of drug-likeness (QED) is 0.772. The molecule has 1 saturated heterocycles. The molecule has 2 heterocycles. The van der Waals surface area contributed by atoms with Gasteiger partial charge in [0, 0.05) is 13.2 Å². The zero-order chi connectivity index (χ0) is 10.5. The fraction of sp³-hybridized carbons (Fsp3) is 0.600. The zero-order valence-corrected chi connectivity index (χ0v) is 8.65. The summed E-state index contributed by atoms with van der Waals surface area (Å²) in [6.45, 7) is 2.63. The van der Waals surface area contributed by atoms with Crippen molar-refractivity contribution in [2.75, 3.05) is 30.8 Å². The van der Waals surface area contributed by atoms with Gasteiger partial charge in [0.05, 0.1) is 19.0 Å². The van der Waals surface area contributed by atoms with E-state index in [4.69, 9.17) is 10.5 Å². The third-order valence-corrected chi connectivity index (χ3v) is 2.50. The smallest absolute Gasteiger partial charge is 0.144 e. The molecule has 5 nitrogen and oxygen atoms in total. The second kappa shape index (κ2) is 4.93. The Morgan fingerprint density at radius 1 is 1.47 bits per heavy atom. The molecular formula is C10H16N4O. The topological polar surface area (TPSA) is 73.1 Å². The Balaban J connectivity index is 1.79. The maximum absolute atomic E-state index is 5.44. The van der Waals surface area contributed by atoms with Crippen LogP contribution in [0.25, 0.3) is 0 Å². The SMILES string of the molecule is Nc1cnc(NCC2CCCOC2)cn1. The van der Waals surface area contributed by atoms with Gasteiger partial charge in [0.25, 0.3) is 0 Å². The summed E-state index contributed by atoms with van der Waals surface area (Å²) in [5, 5.41) is 3.23. The lowest BCUT2D eigenvalue weighted by atomic mass is 10.0. The number of ether oxygens (including phenoxy) is 1. The van der Waals surface area contributed by atoms with Gasteiger partial charge in [-0.05, 0) is 18.8 Å². The van der Waals surface area contributed by atoms with Crippen LogP contribution < -0.4 is 11.1 Å². The minimum Gasteiger partial charge on any atom is -0.382 e. The third-order valence-electron chi connectivity index (χ3n) is 2.50. The number of nitrogens with zero attached hydrogens (tertiary/aromatic N) is 2. The Morgan fingerprint density at radius 2 is 2.40 bits per heavy atom. The summed E-state index contributed by atoms with van der Waals surface area (Å²) in [5.74, 6) is 1.80. The molecule has 3 N–H and O–H groups in total. The molecule has 1 unspecified atom stereocenters. The standard InChI is InChI=1S/C10H16N4O/c11-9-5-14-10(6-12-9)13-4-8-2-1-3-15-7-8/h5-6,8H,1-4,7H2,(H2,11,12)(H,13,14). The molecule has 2 rings (SSSR count). The van der Waals surface area contributed by atoms with Crippen LogP contribution >= 0.6 is 0 Å². The van der Waals surface area contributed by atoms with Gasteiger partial charge in [-0.15, -0.1) is 0 Å². The molecule has 0 bridgehead atoms. The lowest BCUT2D eigenvalue weighted by molar-refractivity contribution is 0.0595. The largest absolute Gasteiger partial charge is 0.382 e. The van der Waals surface area contributed by atoms with Crippen LogP contribution in [-0.2, 0) is 4.74 Å². The van der Waals surface area contributed by atoms with Gasteiger partial charge in [0.2, 0.25) is 0 Å². The average molecular weight is 208 g/mol.